The van der Waals surface area contributed by atoms with E-state index in [1.54, 1.807) is 36.7 Å². The number of carboxylic acid groups (broad SMARTS) is 1. The highest BCUT2D eigenvalue weighted by Crippen LogP contribution is 2.39. The lowest BCUT2D eigenvalue weighted by molar-refractivity contribution is -0.146. The van der Waals surface area contributed by atoms with E-state index < -0.39 is 5.97 Å². The predicted molar refractivity (Wildman–Crippen MR) is 105 cm³/mol. The van der Waals surface area contributed by atoms with Crippen molar-refractivity contribution in [3.63, 3.8) is 0 Å². The minimum absolute atomic E-state index is 0.00507. The fraction of sp³-hybridized carbons (Fsp3) is 0.217. The highest BCUT2D eigenvalue weighted by molar-refractivity contribution is 5.68. The van der Waals surface area contributed by atoms with Gasteiger partial charge in [0.15, 0.2) is 0 Å². The summed E-state index contributed by atoms with van der Waals surface area (Å²) in [6.07, 6.45) is 4.86. The first-order valence-electron chi connectivity index (χ1n) is 9.39. The van der Waals surface area contributed by atoms with E-state index in [-0.39, 0.29) is 18.5 Å². The van der Waals surface area contributed by atoms with Gasteiger partial charge in [-0.2, -0.15) is 0 Å². The highest BCUT2D eigenvalue weighted by atomic mass is 19.1. The summed E-state index contributed by atoms with van der Waals surface area (Å²) in [5.41, 5.74) is 2.38. The molecule has 0 spiro atoms. The van der Waals surface area contributed by atoms with E-state index in [0.29, 0.717) is 23.0 Å². The monoisotopic (exact) mass is 393 g/mol. The summed E-state index contributed by atoms with van der Waals surface area (Å²) in [4.78, 5) is 14.6. The number of halogens is 1. The second-order valence-corrected chi connectivity index (χ2v) is 7.05. The van der Waals surface area contributed by atoms with Crippen molar-refractivity contribution in [3.05, 3.63) is 78.4 Å². The number of aromatic nitrogens is 1. The van der Waals surface area contributed by atoms with Crippen molar-refractivity contribution in [1.82, 2.24) is 4.98 Å². The third-order valence-electron chi connectivity index (χ3n) is 5.04. The average Bonchev–Trinajstić information content (AvgIpc) is 2.69. The van der Waals surface area contributed by atoms with E-state index >= 15 is 0 Å². The summed E-state index contributed by atoms with van der Waals surface area (Å²) >= 11 is 0. The van der Waals surface area contributed by atoms with Gasteiger partial charge in [0.2, 0.25) is 0 Å². The van der Waals surface area contributed by atoms with Crippen LogP contribution < -0.4 is 4.74 Å². The van der Waals surface area contributed by atoms with Gasteiger partial charge in [0.05, 0.1) is 12.3 Å². The van der Waals surface area contributed by atoms with Gasteiger partial charge < -0.3 is 14.6 Å². The van der Waals surface area contributed by atoms with Crippen LogP contribution in [0.3, 0.4) is 0 Å². The highest BCUT2D eigenvalue weighted by Gasteiger charge is 2.31. The fourth-order valence-electron chi connectivity index (χ4n) is 3.43. The topological polar surface area (TPSA) is 68.7 Å². The van der Waals surface area contributed by atoms with Gasteiger partial charge in [-0.05, 0) is 60.2 Å². The van der Waals surface area contributed by atoms with Gasteiger partial charge in [-0.25, -0.2) is 9.18 Å². The van der Waals surface area contributed by atoms with Gasteiger partial charge in [0.25, 0.3) is 0 Å². The quantitative estimate of drug-likeness (QED) is 0.610. The number of ether oxygens (including phenoxy) is 2. The molecule has 1 fully saturated rings. The Labute approximate surface area is 167 Å². The van der Waals surface area contributed by atoms with Gasteiger partial charge in [-0.3, -0.25) is 4.98 Å². The number of pyridine rings is 1. The molecule has 0 atom stereocenters. The van der Waals surface area contributed by atoms with Gasteiger partial charge in [-0.1, -0.05) is 24.3 Å². The van der Waals surface area contributed by atoms with Crippen LogP contribution in [0.1, 0.15) is 24.3 Å². The Bertz CT molecular complexity index is 986. The zero-order chi connectivity index (χ0) is 20.2. The van der Waals surface area contributed by atoms with E-state index in [2.05, 4.69) is 4.98 Å². The maximum absolute atomic E-state index is 14.4. The van der Waals surface area contributed by atoms with Crippen LogP contribution in [0.2, 0.25) is 0 Å². The average molecular weight is 393 g/mol. The minimum Gasteiger partial charge on any atom is -0.480 e. The number of rotatable bonds is 7. The lowest BCUT2D eigenvalue weighted by Crippen LogP contribution is -2.31. The Balaban J connectivity index is 1.44. The number of aliphatic carboxylic acids is 1. The smallest absolute Gasteiger partial charge is 0.329 e. The SMILES string of the molecule is O=C(O)CO[C@H]1C[C@@H](c2ccc(-c3cc(Oc4cccnc4)ccc3F)cc2)C1. The third-order valence-corrected chi connectivity index (χ3v) is 5.04. The molecule has 1 N–H and O–H groups in total. The number of nitrogens with zero attached hydrogens (tertiary/aromatic N) is 1. The molecule has 5 nitrogen and oxygen atoms in total. The lowest BCUT2D eigenvalue weighted by Gasteiger charge is -2.35. The Hall–Kier alpha value is -3.25. The molecule has 0 saturated heterocycles. The first-order valence-corrected chi connectivity index (χ1v) is 9.39. The first kappa shape index (κ1) is 19.1. The molecule has 0 aliphatic heterocycles. The molecule has 1 saturated carbocycles. The van der Waals surface area contributed by atoms with E-state index in [1.807, 2.05) is 24.3 Å². The molecular formula is C23H20FNO4. The molecule has 0 unspecified atom stereocenters. The summed E-state index contributed by atoms with van der Waals surface area (Å²) in [5.74, 6) is 0.200. The normalized spacial score (nSPS) is 18.1. The standard InChI is InChI=1S/C23H20FNO4/c24-22-8-7-18(29-19-2-1-9-25-13-19)12-21(22)16-5-3-15(4-6-16)17-10-20(11-17)28-14-23(26)27/h1-9,12-13,17,20H,10-11,14H2,(H,26,27)/t17-,20+. The van der Waals surface area contributed by atoms with E-state index in [1.165, 1.54) is 6.07 Å². The van der Waals surface area contributed by atoms with Crippen LogP contribution in [0.15, 0.2) is 67.0 Å². The second kappa shape index (κ2) is 8.41. The Morgan fingerprint density at radius 3 is 2.59 bits per heavy atom. The molecule has 1 aliphatic rings. The zero-order valence-corrected chi connectivity index (χ0v) is 15.6. The van der Waals surface area contributed by atoms with Gasteiger partial charge in [0, 0.05) is 11.8 Å². The fourth-order valence-corrected chi connectivity index (χ4v) is 3.43. The number of carboxylic acids is 1. The van der Waals surface area contributed by atoms with Crippen molar-refractivity contribution < 1.29 is 23.8 Å². The van der Waals surface area contributed by atoms with Crippen molar-refractivity contribution in [2.75, 3.05) is 6.61 Å². The number of hydrogen-bond acceptors (Lipinski definition) is 4. The summed E-state index contributed by atoms with van der Waals surface area (Å²) in [7, 11) is 0. The molecule has 4 rings (SSSR count). The molecule has 0 amide bonds. The zero-order valence-electron chi connectivity index (χ0n) is 15.6. The summed E-state index contributed by atoms with van der Waals surface area (Å²) in [6.45, 7) is -0.257. The molecule has 148 valence electrons. The van der Waals surface area contributed by atoms with E-state index in [0.717, 1.165) is 24.0 Å². The van der Waals surface area contributed by atoms with E-state index in [4.69, 9.17) is 14.6 Å². The molecule has 29 heavy (non-hydrogen) atoms. The number of carbonyl (C=O) groups is 1. The van der Waals surface area contributed by atoms with Crippen LogP contribution >= 0.6 is 0 Å². The number of benzene rings is 2. The number of hydrogen-bond donors (Lipinski definition) is 1. The van der Waals surface area contributed by atoms with Crippen molar-refractivity contribution in [2.24, 2.45) is 0 Å². The Morgan fingerprint density at radius 1 is 1.10 bits per heavy atom. The van der Waals surface area contributed by atoms with Crippen molar-refractivity contribution in [3.8, 4) is 22.6 Å². The maximum Gasteiger partial charge on any atom is 0.329 e. The molecule has 0 bridgehead atoms. The lowest BCUT2D eigenvalue weighted by atomic mass is 9.77. The van der Waals surface area contributed by atoms with Gasteiger partial charge >= 0.3 is 5.97 Å². The summed E-state index contributed by atoms with van der Waals surface area (Å²) in [6, 6.07) is 16.0. The maximum atomic E-state index is 14.4. The van der Waals surface area contributed by atoms with Crippen LogP contribution in [0.25, 0.3) is 11.1 Å². The van der Waals surface area contributed by atoms with Gasteiger partial charge in [-0.15, -0.1) is 0 Å². The first-order chi connectivity index (χ1) is 14.1. The van der Waals surface area contributed by atoms with Crippen molar-refractivity contribution in [2.45, 2.75) is 24.9 Å². The third kappa shape index (κ3) is 4.60. The minimum atomic E-state index is -0.949. The molecule has 1 heterocycles. The van der Waals surface area contributed by atoms with Crippen LogP contribution in [0.5, 0.6) is 11.5 Å². The van der Waals surface area contributed by atoms with Crippen LogP contribution in [0, 0.1) is 5.82 Å². The molecular weight excluding hydrogens is 373 g/mol. The van der Waals surface area contributed by atoms with Crippen molar-refractivity contribution in [1.29, 1.82) is 0 Å². The van der Waals surface area contributed by atoms with Crippen molar-refractivity contribution >= 4 is 5.97 Å². The second-order valence-electron chi connectivity index (χ2n) is 7.05. The van der Waals surface area contributed by atoms with E-state index in [9.17, 15) is 9.18 Å². The molecule has 1 aliphatic carbocycles. The summed E-state index contributed by atoms with van der Waals surface area (Å²) < 4.78 is 25.4. The Morgan fingerprint density at radius 2 is 1.90 bits per heavy atom. The molecule has 1 aromatic heterocycles. The summed E-state index contributed by atoms with van der Waals surface area (Å²) in [5, 5.41) is 8.66. The largest absolute Gasteiger partial charge is 0.480 e. The van der Waals surface area contributed by atoms with Crippen LogP contribution in [-0.2, 0) is 9.53 Å². The van der Waals surface area contributed by atoms with Crippen LogP contribution in [0.4, 0.5) is 4.39 Å². The van der Waals surface area contributed by atoms with Crippen LogP contribution in [-0.4, -0.2) is 28.8 Å². The molecule has 2 aromatic carbocycles. The Kier molecular flexibility index (Phi) is 5.53. The predicted octanol–water partition coefficient (Wildman–Crippen LogP) is 5.03. The molecule has 3 aromatic rings. The molecule has 6 heteroatoms. The van der Waals surface area contributed by atoms with Gasteiger partial charge in [0.1, 0.15) is 23.9 Å². The molecule has 0 radical (unpaired) electrons.